The van der Waals surface area contributed by atoms with Crippen molar-refractivity contribution in [3.05, 3.63) is 157 Å². The first-order chi connectivity index (χ1) is 31.1. The third-order valence-corrected chi connectivity index (χ3v) is 12.3. The predicted molar refractivity (Wildman–Crippen MR) is 242 cm³/mol. The number of nitrogens with two attached hydrogens (primary N) is 2. The van der Waals surface area contributed by atoms with E-state index in [0.29, 0.717) is 43.4 Å². The van der Waals surface area contributed by atoms with Gasteiger partial charge in [0.05, 0.1) is 56.5 Å². The van der Waals surface area contributed by atoms with Gasteiger partial charge in [-0.1, -0.05) is 37.3 Å². The van der Waals surface area contributed by atoms with Crippen LogP contribution in [0.15, 0.2) is 134 Å². The zero-order valence-electron chi connectivity index (χ0n) is 35.0. The van der Waals surface area contributed by atoms with Crippen LogP contribution >= 0.6 is 0 Å². The van der Waals surface area contributed by atoms with Crippen LogP contribution in [0.4, 0.5) is 28.9 Å². The minimum absolute atomic E-state index is 0.0197. The summed E-state index contributed by atoms with van der Waals surface area (Å²) in [4.78, 5) is 25.3. The van der Waals surface area contributed by atoms with Crippen LogP contribution < -0.4 is 30.8 Å². The molecule has 6 heterocycles. The second-order valence-electron chi connectivity index (χ2n) is 16.9. The average molecular weight is 862 g/mol. The molecule has 4 atom stereocenters. The Hall–Kier alpha value is -6.96. The van der Waals surface area contributed by atoms with Gasteiger partial charge in [0.15, 0.2) is 6.10 Å². The standard InChI is InChI=1S/C51H45F4N8O/c1-30-24-33(56)28-62(27-30)47-19-23-63(48-17-15-32(26-35(47)48)42-11-5-13-45(60-42)51-38(54)8-3-9-39(51)55)64-49-20-22-61(29-40(49)57)46-18-21-58-43-16-14-31(25-34(43)46)41-10-4-12-44(59-41)50-36(52)6-2-7-37(50)53/h2-19,21,23,25-26,30,33,40,49H,20,22,24,27-29,56-57H2,1H3/q+1. The maximum Gasteiger partial charge on any atom is 0.266 e. The van der Waals surface area contributed by atoms with Gasteiger partial charge in [0, 0.05) is 83.9 Å². The van der Waals surface area contributed by atoms with Gasteiger partial charge < -0.3 is 21.3 Å². The Morgan fingerprint density at radius 1 is 0.625 bits per heavy atom. The van der Waals surface area contributed by atoms with Crippen LogP contribution in [0.2, 0.25) is 0 Å². The molecule has 0 amide bonds. The van der Waals surface area contributed by atoms with E-state index in [9.17, 15) is 17.6 Å². The largest absolute Gasteiger partial charge is 0.369 e. The highest BCUT2D eigenvalue weighted by Crippen LogP contribution is 2.35. The summed E-state index contributed by atoms with van der Waals surface area (Å²) in [5, 5.41) is 1.81. The zero-order valence-corrected chi connectivity index (χ0v) is 35.0. The van der Waals surface area contributed by atoms with Crippen molar-refractivity contribution in [2.75, 3.05) is 36.0 Å². The number of anilines is 2. The number of pyridine rings is 4. The summed E-state index contributed by atoms with van der Waals surface area (Å²) in [5.41, 5.74) is 19.9. The Morgan fingerprint density at radius 3 is 1.83 bits per heavy atom. The molecule has 0 aliphatic carbocycles. The van der Waals surface area contributed by atoms with Crippen molar-refractivity contribution in [1.82, 2.24) is 15.0 Å². The van der Waals surface area contributed by atoms with Crippen molar-refractivity contribution in [2.24, 2.45) is 17.4 Å². The molecule has 2 aliphatic rings. The Kier molecular flexibility index (Phi) is 10.9. The molecule has 10 rings (SSSR count). The average Bonchev–Trinajstić information content (AvgIpc) is 3.29. The molecule has 4 unspecified atom stereocenters. The lowest BCUT2D eigenvalue weighted by atomic mass is 9.95. The summed E-state index contributed by atoms with van der Waals surface area (Å²) in [6, 6.07) is 33.4. The van der Waals surface area contributed by atoms with Crippen LogP contribution in [-0.4, -0.2) is 59.3 Å². The summed E-state index contributed by atoms with van der Waals surface area (Å²) in [5.74, 6) is -2.31. The molecule has 4 N–H and O–H groups in total. The first-order valence-corrected chi connectivity index (χ1v) is 21.5. The van der Waals surface area contributed by atoms with Crippen LogP contribution in [0, 0.1) is 29.2 Å². The number of benzene rings is 4. The molecule has 2 aliphatic heterocycles. The molecule has 2 saturated heterocycles. The number of halogens is 4. The van der Waals surface area contributed by atoms with Crippen LogP contribution in [0.1, 0.15) is 19.8 Å². The number of hydrogen-bond donors (Lipinski definition) is 2. The molecule has 9 nitrogen and oxygen atoms in total. The second kappa shape index (κ2) is 17.0. The van der Waals surface area contributed by atoms with E-state index in [2.05, 4.69) is 32.8 Å². The van der Waals surface area contributed by atoms with Gasteiger partial charge in [-0.3, -0.25) is 9.82 Å². The molecular formula is C51H45F4N8O+. The van der Waals surface area contributed by atoms with Crippen molar-refractivity contribution in [2.45, 2.75) is 38.0 Å². The number of aromatic nitrogens is 4. The molecule has 8 aromatic rings. The molecule has 0 radical (unpaired) electrons. The molecule has 0 saturated carbocycles. The second-order valence-corrected chi connectivity index (χ2v) is 16.9. The minimum Gasteiger partial charge on any atom is -0.369 e. The highest BCUT2D eigenvalue weighted by molar-refractivity contribution is 5.95. The van der Waals surface area contributed by atoms with Crippen LogP contribution in [0.25, 0.3) is 66.8 Å². The van der Waals surface area contributed by atoms with Gasteiger partial charge in [-0.15, -0.1) is 0 Å². The van der Waals surface area contributed by atoms with Crippen LogP contribution in [0.3, 0.4) is 0 Å². The van der Waals surface area contributed by atoms with Gasteiger partial charge in [0.25, 0.3) is 5.52 Å². The smallest absolute Gasteiger partial charge is 0.266 e. The van der Waals surface area contributed by atoms with Gasteiger partial charge in [-0.05, 0) is 91.2 Å². The van der Waals surface area contributed by atoms with Crippen molar-refractivity contribution < 1.29 is 27.1 Å². The van der Waals surface area contributed by atoms with E-state index in [1.807, 2.05) is 60.8 Å². The highest BCUT2D eigenvalue weighted by Gasteiger charge is 2.34. The van der Waals surface area contributed by atoms with Gasteiger partial charge in [-0.2, -0.15) is 0 Å². The minimum atomic E-state index is -0.677. The van der Waals surface area contributed by atoms with Crippen molar-refractivity contribution in [3.63, 3.8) is 0 Å². The maximum absolute atomic E-state index is 14.8. The molecule has 0 bridgehead atoms. The molecule has 2 fully saturated rings. The van der Waals surface area contributed by atoms with Gasteiger partial charge in [-0.25, -0.2) is 27.5 Å². The SMILES string of the molecule is CC1CC(N)CN(c2cc[n+](OC3CCN(c4ccnc5ccc(-c6cccc(-c7c(F)cccc7F)n6)cc45)CC3N)c3ccc(-c4cccc(-c5c(F)cccc5F)n4)cc23)C1. The normalized spacial score (nSPS) is 19.0. The maximum atomic E-state index is 14.8. The Balaban J connectivity index is 0.938. The van der Waals surface area contributed by atoms with E-state index in [0.717, 1.165) is 57.3 Å². The topological polar surface area (TPSA) is 110 Å². The number of piperidine rings is 2. The van der Waals surface area contributed by atoms with E-state index < -0.39 is 23.3 Å². The Bertz CT molecular complexity index is 3010. The summed E-state index contributed by atoms with van der Waals surface area (Å²) < 4.78 is 60.9. The van der Waals surface area contributed by atoms with Crippen LogP contribution in [-0.2, 0) is 0 Å². The molecule has 64 heavy (non-hydrogen) atoms. The molecule has 4 aromatic heterocycles. The number of nitrogens with zero attached hydrogens (tertiary/aromatic N) is 6. The van der Waals surface area contributed by atoms with Crippen LogP contribution in [0.5, 0.6) is 0 Å². The lowest BCUT2D eigenvalue weighted by molar-refractivity contribution is -0.879. The summed E-state index contributed by atoms with van der Waals surface area (Å²) in [6.07, 6.45) is 4.95. The van der Waals surface area contributed by atoms with Crippen molar-refractivity contribution in [1.29, 1.82) is 0 Å². The van der Waals surface area contributed by atoms with E-state index >= 15 is 0 Å². The first kappa shape index (κ1) is 41.1. The Labute approximate surface area is 367 Å². The molecule has 322 valence electrons. The number of hydrogen-bond acceptors (Lipinski definition) is 8. The molecule has 4 aromatic carbocycles. The quantitative estimate of drug-likeness (QED) is 0.115. The summed E-state index contributed by atoms with van der Waals surface area (Å²) >= 11 is 0. The fourth-order valence-corrected chi connectivity index (χ4v) is 9.34. The van der Waals surface area contributed by atoms with E-state index in [1.165, 1.54) is 36.4 Å². The van der Waals surface area contributed by atoms with E-state index in [4.69, 9.17) is 21.3 Å². The van der Waals surface area contributed by atoms with Crippen molar-refractivity contribution >= 4 is 33.2 Å². The number of fused-ring (bicyclic) bond motifs is 2. The third-order valence-electron chi connectivity index (χ3n) is 12.3. The fourth-order valence-electron chi connectivity index (χ4n) is 9.34. The summed E-state index contributed by atoms with van der Waals surface area (Å²) in [6.45, 7) is 4.89. The third kappa shape index (κ3) is 7.86. The summed E-state index contributed by atoms with van der Waals surface area (Å²) in [7, 11) is 0. The monoisotopic (exact) mass is 861 g/mol. The Morgan fingerprint density at radius 2 is 1.20 bits per heavy atom. The lowest BCUT2D eigenvalue weighted by Gasteiger charge is -2.37. The van der Waals surface area contributed by atoms with E-state index in [1.54, 1.807) is 35.2 Å². The molecular weight excluding hydrogens is 817 g/mol. The molecule has 13 heteroatoms. The first-order valence-electron chi connectivity index (χ1n) is 21.5. The predicted octanol–water partition coefficient (Wildman–Crippen LogP) is 8.90. The number of rotatable bonds is 8. The lowest BCUT2D eigenvalue weighted by Crippen LogP contribution is -2.60. The van der Waals surface area contributed by atoms with Crippen molar-refractivity contribution in [3.8, 4) is 45.0 Å². The van der Waals surface area contributed by atoms with E-state index in [-0.39, 0.29) is 40.7 Å². The van der Waals surface area contributed by atoms with Gasteiger partial charge in [0.2, 0.25) is 6.20 Å². The van der Waals surface area contributed by atoms with Gasteiger partial charge >= 0.3 is 0 Å². The zero-order chi connectivity index (χ0) is 44.1. The van der Waals surface area contributed by atoms with Gasteiger partial charge in [0.1, 0.15) is 23.3 Å². The highest BCUT2D eigenvalue weighted by atomic mass is 19.1. The molecule has 0 spiro atoms. The fraction of sp³-hybridized carbons (Fsp3) is 0.216.